The van der Waals surface area contributed by atoms with E-state index in [-0.39, 0.29) is 5.56 Å². The van der Waals surface area contributed by atoms with E-state index in [2.05, 4.69) is 4.98 Å². The van der Waals surface area contributed by atoms with Gasteiger partial charge in [-0.15, -0.1) is 0 Å². The number of H-pyrrole nitrogens is 1. The number of carboxylic acid groups (broad SMARTS) is 1. The predicted molar refractivity (Wildman–Crippen MR) is 65.2 cm³/mol. The number of aromatic amines is 1. The van der Waals surface area contributed by atoms with Gasteiger partial charge in [-0.3, -0.25) is 9.59 Å². The molecule has 88 valence electrons. The minimum absolute atomic E-state index is 0.318. The SMILES string of the molecule is CCC(C(=O)O)c1cc2ccccc2[nH]c1=O. The van der Waals surface area contributed by atoms with Crippen molar-refractivity contribution in [3.05, 3.63) is 46.2 Å². The summed E-state index contributed by atoms with van der Waals surface area (Å²) in [6.45, 7) is 1.76. The van der Waals surface area contributed by atoms with Crippen LogP contribution < -0.4 is 5.56 Å². The number of para-hydroxylation sites is 1. The van der Waals surface area contributed by atoms with Crippen molar-refractivity contribution >= 4 is 16.9 Å². The van der Waals surface area contributed by atoms with Crippen LogP contribution in [0.15, 0.2) is 35.1 Å². The Morgan fingerprint density at radius 3 is 2.76 bits per heavy atom. The van der Waals surface area contributed by atoms with Gasteiger partial charge in [0.1, 0.15) is 0 Å². The average Bonchev–Trinajstić information content (AvgIpc) is 2.30. The number of rotatable bonds is 3. The lowest BCUT2D eigenvalue weighted by Crippen LogP contribution is -2.21. The van der Waals surface area contributed by atoms with E-state index in [0.29, 0.717) is 12.0 Å². The zero-order valence-electron chi connectivity index (χ0n) is 9.43. The second-order valence-corrected chi connectivity index (χ2v) is 3.94. The summed E-state index contributed by atoms with van der Waals surface area (Å²) < 4.78 is 0. The number of carbonyl (C=O) groups is 1. The van der Waals surface area contributed by atoms with Gasteiger partial charge in [0, 0.05) is 11.1 Å². The Morgan fingerprint density at radius 2 is 2.12 bits per heavy atom. The van der Waals surface area contributed by atoms with E-state index in [9.17, 15) is 9.59 Å². The highest BCUT2D eigenvalue weighted by Crippen LogP contribution is 2.19. The number of pyridine rings is 1. The zero-order valence-corrected chi connectivity index (χ0v) is 9.43. The number of hydrogen-bond donors (Lipinski definition) is 2. The minimum Gasteiger partial charge on any atom is -0.481 e. The molecule has 4 heteroatoms. The number of hydrogen-bond acceptors (Lipinski definition) is 2. The number of nitrogens with one attached hydrogen (secondary N) is 1. The molecule has 2 N–H and O–H groups in total. The van der Waals surface area contributed by atoms with Crippen LogP contribution in [0.4, 0.5) is 0 Å². The molecule has 0 aliphatic heterocycles. The molecule has 0 saturated heterocycles. The van der Waals surface area contributed by atoms with Crippen LogP contribution in [-0.4, -0.2) is 16.1 Å². The Labute approximate surface area is 97.9 Å². The molecule has 17 heavy (non-hydrogen) atoms. The topological polar surface area (TPSA) is 70.2 Å². The van der Waals surface area contributed by atoms with Crippen molar-refractivity contribution < 1.29 is 9.90 Å². The zero-order chi connectivity index (χ0) is 12.4. The molecule has 0 bridgehead atoms. The Morgan fingerprint density at radius 1 is 1.41 bits per heavy atom. The lowest BCUT2D eigenvalue weighted by atomic mass is 9.97. The molecule has 0 saturated carbocycles. The second-order valence-electron chi connectivity index (χ2n) is 3.94. The first-order valence-electron chi connectivity index (χ1n) is 5.48. The summed E-state index contributed by atoms with van der Waals surface area (Å²) >= 11 is 0. The number of benzene rings is 1. The van der Waals surface area contributed by atoms with Crippen LogP contribution >= 0.6 is 0 Å². The molecule has 1 atom stereocenters. The lowest BCUT2D eigenvalue weighted by Gasteiger charge is -2.09. The molecule has 4 nitrogen and oxygen atoms in total. The van der Waals surface area contributed by atoms with Gasteiger partial charge in [-0.2, -0.15) is 0 Å². The van der Waals surface area contributed by atoms with Gasteiger partial charge in [-0.1, -0.05) is 25.1 Å². The molecule has 0 radical (unpaired) electrons. The fourth-order valence-electron chi connectivity index (χ4n) is 1.95. The summed E-state index contributed by atoms with van der Waals surface area (Å²) in [5, 5.41) is 9.92. The van der Waals surface area contributed by atoms with Gasteiger partial charge in [-0.05, 0) is 23.9 Å². The van der Waals surface area contributed by atoms with Crippen molar-refractivity contribution in [2.24, 2.45) is 0 Å². The van der Waals surface area contributed by atoms with E-state index >= 15 is 0 Å². The molecule has 0 fully saturated rings. The minimum atomic E-state index is -0.965. The first-order chi connectivity index (χ1) is 8.13. The molecule has 1 aromatic carbocycles. The normalized spacial score (nSPS) is 12.5. The Kier molecular flexibility index (Phi) is 2.95. The van der Waals surface area contributed by atoms with Gasteiger partial charge >= 0.3 is 5.97 Å². The molecule has 0 aliphatic rings. The maximum absolute atomic E-state index is 11.8. The van der Waals surface area contributed by atoms with Crippen molar-refractivity contribution in [1.82, 2.24) is 4.98 Å². The monoisotopic (exact) mass is 231 g/mol. The van der Waals surface area contributed by atoms with Crippen molar-refractivity contribution in [3.63, 3.8) is 0 Å². The standard InChI is InChI=1S/C13H13NO3/c1-2-9(13(16)17)10-7-8-5-3-4-6-11(8)14-12(10)15/h3-7,9H,2H2,1H3,(H,14,15)(H,16,17). The fraction of sp³-hybridized carbons (Fsp3) is 0.231. The predicted octanol–water partition coefficient (Wildman–Crippen LogP) is 2.11. The van der Waals surface area contributed by atoms with E-state index in [1.54, 1.807) is 19.1 Å². The highest BCUT2D eigenvalue weighted by molar-refractivity contribution is 5.82. The second kappa shape index (κ2) is 4.41. The molecule has 1 aromatic heterocycles. The number of aromatic nitrogens is 1. The molecule has 0 aliphatic carbocycles. The van der Waals surface area contributed by atoms with Gasteiger partial charge in [0.15, 0.2) is 0 Å². The van der Waals surface area contributed by atoms with E-state index in [0.717, 1.165) is 10.9 Å². The van der Waals surface area contributed by atoms with Crippen LogP contribution in [0.1, 0.15) is 24.8 Å². The van der Waals surface area contributed by atoms with Crippen molar-refractivity contribution in [2.45, 2.75) is 19.3 Å². The molecule has 2 aromatic rings. The molecule has 1 heterocycles. The quantitative estimate of drug-likeness (QED) is 0.849. The summed E-state index contributed by atoms with van der Waals surface area (Å²) in [6.07, 6.45) is 0.400. The molecule has 2 rings (SSSR count). The molecule has 0 spiro atoms. The van der Waals surface area contributed by atoms with Crippen LogP contribution in [0.25, 0.3) is 10.9 Å². The van der Waals surface area contributed by atoms with E-state index in [1.165, 1.54) is 0 Å². The first-order valence-corrected chi connectivity index (χ1v) is 5.48. The number of aliphatic carboxylic acids is 1. The van der Waals surface area contributed by atoms with Gasteiger partial charge in [-0.25, -0.2) is 0 Å². The maximum atomic E-state index is 11.8. The fourth-order valence-corrected chi connectivity index (χ4v) is 1.95. The summed E-state index contributed by atoms with van der Waals surface area (Å²) in [5.41, 5.74) is 0.721. The van der Waals surface area contributed by atoms with Gasteiger partial charge in [0.25, 0.3) is 5.56 Å². The Hall–Kier alpha value is -2.10. The van der Waals surface area contributed by atoms with Crippen LogP contribution in [0.5, 0.6) is 0 Å². The maximum Gasteiger partial charge on any atom is 0.311 e. The van der Waals surface area contributed by atoms with Crippen molar-refractivity contribution in [2.75, 3.05) is 0 Å². The van der Waals surface area contributed by atoms with E-state index in [4.69, 9.17) is 5.11 Å². The summed E-state index contributed by atoms with van der Waals surface area (Å²) in [7, 11) is 0. The summed E-state index contributed by atoms with van der Waals surface area (Å²) in [4.78, 5) is 25.6. The Bertz CT molecular complexity index is 615. The first kappa shape index (κ1) is 11.4. The molecule has 0 amide bonds. The van der Waals surface area contributed by atoms with E-state index in [1.807, 2.05) is 18.2 Å². The van der Waals surface area contributed by atoms with Crippen molar-refractivity contribution in [3.8, 4) is 0 Å². The molecular weight excluding hydrogens is 218 g/mol. The van der Waals surface area contributed by atoms with Crippen molar-refractivity contribution in [1.29, 1.82) is 0 Å². The third-order valence-electron chi connectivity index (χ3n) is 2.86. The van der Waals surface area contributed by atoms with E-state index < -0.39 is 11.9 Å². The molecule has 1 unspecified atom stereocenters. The largest absolute Gasteiger partial charge is 0.481 e. The number of fused-ring (bicyclic) bond motifs is 1. The lowest BCUT2D eigenvalue weighted by molar-refractivity contribution is -0.138. The van der Waals surface area contributed by atoms with Crippen LogP contribution in [-0.2, 0) is 4.79 Å². The third-order valence-corrected chi connectivity index (χ3v) is 2.86. The third kappa shape index (κ3) is 2.06. The van der Waals surface area contributed by atoms with Gasteiger partial charge < -0.3 is 10.1 Å². The summed E-state index contributed by atoms with van der Waals surface area (Å²) in [6, 6.07) is 8.99. The molecular formula is C13H13NO3. The number of carboxylic acids is 1. The smallest absolute Gasteiger partial charge is 0.311 e. The summed E-state index contributed by atoms with van der Waals surface area (Å²) in [5.74, 6) is -1.71. The van der Waals surface area contributed by atoms with Crippen LogP contribution in [0.2, 0.25) is 0 Å². The Balaban J connectivity index is 2.65. The van der Waals surface area contributed by atoms with Crippen LogP contribution in [0, 0.1) is 0 Å². The highest BCUT2D eigenvalue weighted by Gasteiger charge is 2.20. The van der Waals surface area contributed by atoms with Gasteiger partial charge in [0.05, 0.1) is 5.92 Å². The highest BCUT2D eigenvalue weighted by atomic mass is 16.4. The average molecular weight is 231 g/mol. The van der Waals surface area contributed by atoms with Gasteiger partial charge in [0.2, 0.25) is 0 Å². The van der Waals surface area contributed by atoms with Crippen LogP contribution in [0.3, 0.4) is 0 Å².